The number of amidine groups is 1. The first-order chi connectivity index (χ1) is 8.90. The van der Waals surface area contributed by atoms with Crippen LogP contribution in [0.2, 0.25) is 5.02 Å². The van der Waals surface area contributed by atoms with Gasteiger partial charge in [-0.2, -0.15) is 5.10 Å². The van der Waals surface area contributed by atoms with Crippen LogP contribution in [-0.2, 0) is 20.0 Å². The van der Waals surface area contributed by atoms with Crippen molar-refractivity contribution in [3.63, 3.8) is 0 Å². The van der Waals surface area contributed by atoms with Crippen molar-refractivity contribution >= 4 is 17.4 Å². The molecule has 0 aliphatic heterocycles. The molecule has 0 aromatic carbocycles. The molecule has 0 amide bonds. The van der Waals surface area contributed by atoms with Crippen molar-refractivity contribution in [1.82, 2.24) is 14.7 Å². The minimum atomic E-state index is -0.0207. The Morgan fingerprint density at radius 1 is 1.63 bits per heavy atom. The second-order valence-electron chi connectivity index (χ2n) is 4.81. The second kappa shape index (κ2) is 6.77. The molecule has 0 fully saturated rings. The van der Waals surface area contributed by atoms with Gasteiger partial charge in [0.1, 0.15) is 5.84 Å². The molecule has 19 heavy (non-hydrogen) atoms. The molecule has 1 heterocycles. The molecular weight excluding hydrogens is 266 g/mol. The van der Waals surface area contributed by atoms with Crippen molar-refractivity contribution < 1.29 is 5.21 Å². The Hall–Kier alpha value is -1.27. The van der Waals surface area contributed by atoms with Crippen molar-refractivity contribution in [3.05, 3.63) is 16.4 Å². The van der Waals surface area contributed by atoms with Crippen molar-refractivity contribution in [2.24, 2.45) is 23.9 Å². The van der Waals surface area contributed by atoms with E-state index in [9.17, 15) is 0 Å². The van der Waals surface area contributed by atoms with Gasteiger partial charge in [0.15, 0.2) is 0 Å². The molecule has 6 nitrogen and oxygen atoms in total. The summed E-state index contributed by atoms with van der Waals surface area (Å²) in [7, 11) is 3.86. The minimum Gasteiger partial charge on any atom is -0.409 e. The van der Waals surface area contributed by atoms with Crippen LogP contribution in [0.4, 0.5) is 0 Å². The Morgan fingerprint density at radius 3 is 2.74 bits per heavy atom. The fourth-order valence-electron chi connectivity index (χ4n) is 1.97. The summed E-state index contributed by atoms with van der Waals surface area (Å²) in [5.41, 5.74) is 7.47. The molecule has 0 bridgehead atoms. The molecule has 0 aliphatic carbocycles. The van der Waals surface area contributed by atoms with Crippen LogP contribution in [0, 0.1) is 5.92 Å². The fourth-order valence-corrected chi connectivity index (χ4v) is 2.32. The molecule has 108 valence electrons. The number of halogens is 1. The summed E-state index contributed by atoms with van der Waals surface area (Å²) in [5.74, 6) is 0.213. The van der Waals surface area contributed by atoms with Gasteiger partial charge >= 0.3 is 0 Å². The largest absolute Gasteiger partial charge is 0.409 e. The van der Waals surface area contributed by atoms with Crippen molar-refractivity contribution in [2.45, 2.75) is 26.8 Å². The molecule has 1 aromatic rings. The van der Waals surface area contributed by atoms with Crippen LogP contribution in [0.1, 0.15) is 25.2 Å². The second-order valence-corrected chi connectivity index (χ2v) is 5.19. The normalized spacial score (nSPS) is 14.1. The average molecular weight is 288 g/mol. The highest BCUT2D eigenvalue weighted by atomic mass is 35.5. The predicted octanol–water partition coefficient (Wildman–Crippen LogP) is 1.45. The van der Waals surface area contributed by atoms with Gasteiger partial charge in [-0.25, -0.2) is 0 Å². The number of hydrogen-bond donors (Lipinski definition) is 2. The molecule has 0 saturated heterocycles. The van der Waals surface area contributed by atoms with E-state index in [1.165, 1.54) is 0 Å². The fraction of sp³-hybridized carbons (Fsp3) is 0.667. The number of oxime groups is 1. The topological polar surface area (TPSA) is 79.7 Å². The molecular formula is C12H22ClN5O. The summed E-state index contributed by atoms with van der Waals surface area (Å²) in [5, 5.41) is 16.8. The van der Waals surface area contributed by atoms with Crippen LogP contribution in [0.3, 0.4) is 0 Å². The van der Waals surface area contributed by atoms with Gasteiger partial charge < -0.3 is 10.9 Å². The van der Waals surface area contributed by atoms with Gasteiger partial charge in [-0.3, -0.25) is 9.58 Å². The number of nitrogens with two attached hydrogens (primary N) is 1. The smallest absolute Gasteiger partial charge is 0.143 e. The van der Waals surface area contributed by atoms with E-state index < -0.39 is 0 Å². The summed E-state index contributed by atoms with van der Waals surface area (Å²) >= 11 is 6.30. The van der Waals surface area contributed by atoms with E-state index in [-0.39, 0.29) is 11.8 Å². The van der Waals surface area contributed by atoms with Gasteiger partial charge in [-0.1, -0.05) is 30.6 Å². The van der Waals surface area contributed by atoms with Crippen molar-refractivity contribution in [1.29, 1.82) is 0 Å². The third-order valence-electron chi connectivity index (χ3n) is 3.13. The lowest BCUT2D eigenvalue weighted by Crippen LogP contribution is -2.32. The Kier molecular flexibility index (Phi) is 5.62. The first-order valence-corrected chi connectivity index (χ1v) is 6.64. The van der Waals surface area contributed by atoms with E-state index in [0.29, 0.717) is 13.1 Å². The highest BCUT2D eigenvalue weighted by Crippen LogP contribution is 2.22. The monoisotopic (exact) mass is 287 g/mol. The molecule has 0 aliphatic rings. The predicted molar refractivity (Wildman–Crippen MR) is 76.5 cm³/mol. The number of aryl methyl sites for hydroxylation is 2. The lowest BCUT2D eigenvalue weighted by atomic mass is 10.1. The Morgan fingerprint density at radius 2 is 2.26 bits per heavy atom. The number of nitrogens with zero attached hydrogens (tertiary/aromatic N) is 4. The van der Waals surface area contributed by atoms with E-state index in [1.54, 1.807) is 0 Å². The maximum absolute atomic E-state index is 8.64. The van der Waals surface area contributed by atoms with Crippen molar-refractivity contribution in [3.8, 4) is 0 Å². The molecule has 0 saturated carbocycles. The maximum Gasteiger partial charge on any atom is 0.143 e. The van der Waals surface area contributed by atoms with Crippen LogP contribution in [0.5, 0.6) is 0 Å². The average Bonchev–Trinajstić information content (AvgIpc) is 2.64. The van der Waals surface area contributed by atoms with Crippen LogP contribution < -0.4 is 5.73 Å². The van der Waals surface area contributed by atoms with Crippen LogP contribution in [-0.4, -0.2) is 39.3 Å². The molecule has 3 N–H and O–H groups in total. The van der Waals surface area contributed by atoms with Gasteiger partial charge in [0.25, 0.3) is 0 Å². The number of hydrogen-bond acceptors (Lipinski definition) is 4. The van der Waals surface area contributed by atoms with Gasteiger partial charge in [-0.05, 0) is 13.5 Å². The zero-order chi connectivity index (χ0) is 14.6. The van der Waals surface area contributed by atoms with Crippen LogP contribution in [0.15, 0.2) is 5.16 Å². The third-order valence-corrected chi connectivity index (χ3v) is 3.56. The Balaban J connectivity index is 2.72. The molecule has 7 heteroatoms. The van der Waals surface area contributed by atoms with E-state index >= 15 is 0 Å². The summed E-state index contributed by atoms with van der Waals surface area (Å²) in [4.78, 5) is 2.07. The summed E-state index contributed by atoms with van der Waals surface area (Å²) in [6.45, 7) is 5.29. The first-order valence-electron chi connectivity index (χ1n) is 6.26. The maximum atomic E-state index is 8.64. The zero-order valence-electron chi connectivity index (χ0n) is 11.9. The van der Waals surface area contributed by atoms with E-state index in [4.69, 9.17) is 22.5 Å². The first kappa shape index (κ1) is 15.8. The summed E-state index contributed by atoms with van der Waals surface area (Å²) in [6, 6.07) is 0. The molecule has 1 rings (SSSR count). The summed E-state index contributed by atoms with van der Waals surface area (Å²) < 4.78 is 1.81. The highest BCUT2D eigenvalue weighted by Gasteiger charge is 2.17. The molecule has 1 unspecified atom stereocenters. The lowest BCUT2D eigenvalue weighted by molar-refractivity contribution is 0.286. The SMILES string of the molecule is CCc1nn(C)c(CN(C)CC(C)C(N)=NO)c1Cl. The van der Waals surface area contributed by atoms with E-state index in [0.717, 1.165) is 22.8 Å². The Labute approximate surface area is 118 Å². The zero-order valence-corrected chi connectivity index (χ0v) is 12.6. The lowest BCUT2D eigenvalue weighted by Gasteiger charge is -2.20. The van der Waals surface area contributed by atoms with Crippen LogP contribution in [0.25, 0.3) is 0 Å². The van der Waals surface area contributed by atoms with Crippen molar-refractivity contribution in [2.75, 3.05) is 13.6 Å². The minimum absolute atomic E-state index is 0.0207. The van der Waals surface area contributed by atoms with Gasteiger partial charge in [0.2, 0.25) is 0 Å². The quantitative estimate of drug-likeness (QED) is 0.359. The van der Waals surface area contributed by atoms with Crippen LogP contribution >= 0.6 is 11.6 Å². The third kappa shape index (κ3) is 3.84. The molecule has 0 spiro atoms. The van der Waals surface area contributed by atoms with Gasteiger partial charge in [0, 0.05) is 26.1 Å². The van der Waals surface area contributed by atoms with E-state index in [2.05, 4.69) is 15.2 Å². The molecule has 1 atom stereocenters. The Bertz CT molecular complexity index is 457. The highest BCUT2D eigenvalue weighted by molar-refractivity contribution is 6.31. The van der Waals surface area contributed by atoms with Gasteiger partial charge in [-0.15, -0.1) is 0 Å². The number of rotatable bonds is 6. The van der Waals surface area contributed by atoms with Gasteiger partial charge in [0.05, 0.1) is 16.4 Å². The standard InChI is InChI=1S/C12H22ClN5O/c1-5-9-11(13)10(18(4)15-9)7-17(3)6-8(2)12(14)16-19/h8,19H,5-7H2,1-4H3,(H2,14,16). The molecule has 0 radical (unpaired) electrons. The van der Waals surface area contributed by atoms with E-state index in [1.807, 2.05) is 32.6 Å². The molecule has 1 aromatic heterocycles. The number of aromatic nitrogens is 2. The summed E-state index contributed by atoms with van der Waals surface area (Å²) in [6.07, 6.45) is 0.816.